The van der Waals surface area contributed by atoms with Crippen molar-refractivity contribution in [2.45, 2.75) is 32.9 Å². The lowest BCUT2D eigenvalue weighted by molar-refractivity contribution is 0.373. The van der Waals surface area contributed by atoms with Crippen LogP contribution in [-0.4, -0.2) is 21.7 Å². The zero-order valence-electron chi connectivity index (χ0n) is 10.2. The summed E-state index contributed by atoms with van der Waals surface area (Å²) in [7, 11) is 1.98. The number of phenolic OH excluding ortho intramolecular Hbond substituents is 1. The molecule has 0 saturated carbocycles. The molecule has 0 bridgehead atoms. The van der Waals surface area contributed by atoms with Crippen LogP contribution in [0.25, 0.3) is 0 Å². The van der Waals surface area contributed by atoms with Crippen LogP contribution in [0, 0.1) is 0 Å². The molecule has 0 unspecified atom stereocenters. The monoisotopic (exact) mass is 226 g/mol. The van der Waals surface area contributed by atoms with Gasteiger partial charge >= 0.3 is 0 Å². The van der Waals surface area contributed by atoms with Crippen molar-refractivity contribution < 1.29 is 9.84 Å². The zero-order chi connectivity index (χ0) is 11.7. The van der Waals surface area contributed by atoms with Crippen molar-refractivity contribution in [2.24, 2.45) is 0 Å². The molecule has 0 fully saturated rings. The van der Waals surface area contributed by atoms with Crippen molar-refractivity contribution >= 4 is 9.52 Å². The van der Waals surface area contributed by atoms with E-state index >= 15 is 0 Å². The maximum absolute atomic E-state index is 9.28. The van der Waals surface area contributed by atoms with E-state index in [2.05, 4.69) is 20.0 Å². The van der Waals surface area contributed by atoms with E-state index in [1.807, 2.05) is 12.1 Å². The average Bonchev–Trinajstić information content (AvgIpc) is 2.22. The quantitative estimate of drug-likeness (QED) is 0.803. The lowest BCUT2D eigenvalue weighted by Crippen LogP contribution is -1.87. The van der Waals surface area contributed by atoms with Gasteiger partial charge in [-0.3, -0.25) is 0 Å². The number of hydrogen-bond donors (Lipinski definition) is 1. The highest BCUT2D eigenvalue weighted by Gasteiger charge is 2.00. The zero-order valence-corrected chi connectivity index (χ0v) is 11.6. The van der Waals surface area contributed by atoms with E-state index in [-0.39, 0.29) is 5.75 Å². The molecule has 2 nitrogen and oxygen atoms in total. The van der Waals surface area contributed by atoms with E-state index in [4.69, 9.17) is 4.74 Å². The molecule has 0 aliphatic carbocycles. The minimum absolute atomic E-state index is 0.206. The molecule has 1 N–H and O–H groups in total. The van der Waals surface area contributed by atoms with Crippen molar-refractivity contribution in [1.29, 1.82) is 0 Å². The number of rotatable bonds is 3. The Bertz CT molecular complexity index is 274. The largest absolute Gasteiger partial charge is 0.504 e. The van der Waals surface area contributed by atoms with Gasteiger partial charge in [-0.1, -0.05) is 32.5 Å². The second-order valence-corrected chi connectivity index (χ2v) is 4.88. The van der Waals surface area contributed by atoms with Gasteiger partial charge in [0, 0.05) is 9.52 Å². The molecule has 1 aromatic carbocycles. The van der Waals surface area contributed by atoms with Crippen LogP contribution in [0.2, 0.25) is 13.1 Å². The van der Waals surface area contributed by atoms with E-state index in [1.165, 1.54) is 5.56 Å². The van der Waals surface area contributed by atoms with Crippen molar-refractivity contribution in [3.8, 4) is 11.5 Å². The van der Waals surface area contributed by atoms with Crippen molar-refractivity contribution in [3.05, 3.63) is 23.8 Å². The van der Waals surface area contributed by atoms with Crippen molar-refractivity contribution in [1.82, 2.24) is 0 Å². The minimum atomic E-state index is 0.206. The summed E-state index contributed by atoms with van der Waals surface area (Å²) in [6, 6.07) is 5.46. The molecule has 15 heavy (non-hydrogen) atoms. The van der Waals surface area contributed by atoms with Gasteiger partial charge < -0.3 is 9.84 Å². The summed E-state index contributed by atoms with van der Waals surface area (Å²) >= 11 is 0. The molecule has 0 spiro atoms. The lowest BCUT2D eigenvalue weighted by atomic mass is 10.1. The van der Waals surface area contributed by atoms with E-state index < -0.39 is 0 Å². The first-order valence-electron chi connectivity index (χ1n) is 5.55. The Kier molecular flexibility index (Phi) is 7.82. The van der Waals surface area contributed by atoms with E-state index in [0.717, 1.165) is 12.8 Å². The fraction of sp³-hybridized carbons (Fsp3) is 0.500. The van der Waals surface area contributed by atoms with Gasteiger partial charge in [-0.2, -0.15) is 0 Å². The lowest BCUT2D eigenvalue weighted by Gasteiger charge is -2.05. The predicted octanol–water partition coefficient (Wildman–Crippen LogP) is 2.60. The number of methoxy groups -OCH3 is 1. The van der Waals surface area contributed by atoms with E-state index in [0.29, 0.717) is 15.3 Å². The van der Waals surface area contributed by atoms with E-state index in [9.17, 15) is 5.11 Å². The third kappa shape index (κ3) is 5.47. The van der Waals surface area contributed by atoms with Crippen LogP contribution in [-0.2, 0) is 6.42 Å². The highest BCUT2D eigenvalue weighted by Crippen LogP contribution is 2.26. The van der Waals surface area contributed by atoms with Gasteiger partial charge in [0.25, 0.3) is 0 Å². The molecule has 0 radical (unpaired) electrons. The number of phenols is 1. The highest BCUT2D eigenvalue weighted by atomic mass is 28.2. The molecule has 1 aromatic rings. The van der Waals surface area contributed by atoms with Gasteiger partial charge in [-0.25, -0.2) is 0 Å². The van der Waals surface area contributed by atoms with Crippen molar-refractivity contribution in [2.75, 3.05) is 7.11 Å². The molecular formula is C12H22O2Si. The minimum Gasteiger partial charge on any atom is -0.504 e. The fourth-order valence-corrected chi connectivity index (χ4v) is 1.17. The Morgan fingerprint density at radius 1 is 1.33 bits per heavy atom. The van der Waals surface area contributed by atoms with Gasteiger partial charge in [-0.15, -0.1) is 0 Å². The Hall–Kier alpha value is -0.963. The number of hydrogen-bond acceptors (Lipinski definition) is 2. The average molecular weight is 226 g/mol. The molecule has 86 valence electrons. The summed E-state index contributed by atoms with van der Waals surface area (Å²) in [6.45, 7) is 6.65. The summed E-state index contributed by atoms with van der Waals surface area (Å²) < 4.78 is 4.98. The number of aromatic hydroxyl groups is 1. The number of ether oxygens (including phenoxy) is 1. The first-order chi connectivity index (χ1) is 7.19. The molecule has 0 amide bonds. The molecule has 1 rings (SSSR count). The molecule has 3 heteroatoms. The molecular weight excluding hydrogens is 204 g/mol. The third-order valence-electron chi connectivity index (χ3n) is 1.78. The third-order valence-corrected chi connectivity index (χ3v) is 1.78. The Labute approximate surface area is 95.1 Å². The standard InChI is InChI=1S/C10H14O2.C2H8Si/c1-3-4-8-5-6-9(11)10(7-8)12-2;1-3-2/h5-7,11H,3-4H2,1-2H3;3H2,1-2H3. The van der Waals surface area contributed by atoms with Crippen LogP contribution in [0.5, 0.6) is 11.5 Å². The summed E-state index contributed by atoms with van der Waals surface area (Å²) in [5.74, 6) is 0.762. The predicted molar refractivity (Wildman–Crippen MR) is 68.9 cm³/mol. The topological polar surface area (TPSA) is 29.5 Å². The smallest absolute Gasteiger partial charge is 0.160 e. The second-order valence-electron chi connectivity index (χ2n) is 3.46. The molecule has 0 aliphatic rings. The van der Waals surface area contributed by atoms with Crippen LogP contribution in [0.1, 0.15) is 18.9 Å². The van der Waals surface area contributed by atoms with Gasteiger partial charge in [0.05, 0.1) is 7.11 Å². The first-order valence-corrected chi connectivity index (χ1v) is 8.38. The SMILES string of the molecule is CCCc1ccc(O)c(OC)c1.C[SiH2]C. The van der Waals surface area contributed by atoms with Gasteiger partial charge in [0.2, 0.25) is 0 Å². The molecule has 0 saturated heterocycles. The summed E-state index contributed by atoms with van der Waals surface area (Å²) in [5.41, 5.74) is 1.20. The van der Waals surface area contributed by atoms with Crippen LogP contribution < -0.4 is 4.74 Å². The molecule has 0 aliphatic heterocycles. The molecule has 0 atom stereocenters. The Morgan fingerprint density at radius 3 is 2.40 bits per heavy atom. The van der Waals surface area contributed by atoms with Crippen LogP contribution >= 0.6 is 0 Å². The maximum Gasteiger partial charge on any atom is 0.160 e. The normalized spacial score (nSPS) is 9.07. The van der Waals surface area contributed by atoms with Gasteiger partial charge in [0.15, 0.2) is 11.5 Å². The maximum atomic E-state index is 9.28. The molecule has 0 heterocycles. The second kappa shape index (κ2) is 8.35. The number of benzene rings is 1. The molecule has 0 aromatic heterocycles. The Morgan fingerprint density at radius 2 is 1.93 bits per heavy atom. The summed E-state index contributed by atoms with van der Waals surface area (Å²) in [5, 5.41) is 9.28. The van der Waals surface area contributed by atoms with Crippen LogP contribution in [0.15, 0.2) is 18.2 Å². The highest BCUT2D eigenvalue weighted by molar-refractivity contribution is 6.31. The summed E-state index contributed by atoms with van der Waals surface area (Å²) in [4.78, 5) is 0. The van der Waals surface area contributed by atoms with Crippen LogP contribution in [0.3, 0.4) is 0 Å². The van der Waals surface area contributed by atoms with Gasteiger partial charge in [-0.05, 0) is 24.1 Å². The number of aryl methyl sites for hydroxylation is 1. The van der Waals surface area contributed by atoms with Gasteiger partial charge in [0.1, 0.15) is 0 Å². The summed E-state index contributed by atoms with van der Waals surface area (Å²) in [6.07, 6.45) is 2.13. The van der Waals surface area contributed by atoms with Crippen LogP contribution in [0.4, 0.5) is 0 Å². The first kappa shape index (κ1) is 14.0. The fourth-order valence-electron chi connectivity index (χ4n) is 1.17. The Balaban J connectivity index is 0.000000583. The van der Waals surface area contributed by atoms with E-state index in [1.54, 1.807) is 13.2 Å². The van der Waals surface area contributed by atoms with Crippen molar-refractivity contribution in [3.63, 3.8) is 0 Å².